The fourth-order valence-electron chi connectivity index (χ4n) is 2.89. The van der Waals surface area contributed by atoms with E-state index in [1.165, 1.54) is 17.7 Å². The number of benzene rings is 1. The molecule has 4 aromatic rings. The summed E-state index contributed by atoms with van der Waals surface area (Å²) in [6, 6.07) is 5.47. The quantitative estimate of drug-likeness (QED) is 0.579. The molecule has 0 radical (unpaired) electrons. The Morgan fingerprint density at radius 3 is 3.00 bits per heavy atom. The number of amides is 1. The molecule has 0 aliphatic rings. The lowest BCUT2D eigenvalue weighted by Gasteiger charge is -2.10. The number of nitrogens with zero attached hydrogens (tertiary/aromatic N) is 5. The van der Waals surface area contributed by atoms with Gasteiger partial charge in [-0.3, -0.25) is 4.79 Å². The highest BCUT2D eigenvalue weighted by Gasteiger charge is 2.14. The van der Waals surface area contributed by atoms with Crippen LogP contribution in [0.2, 0.25) is 5.02 Å². The number of aromatic nitrogens is 5. The van der Waals surface area contributed by atoms with Crippen molar-refractivity contribution in [2.45, 2.75) is 26.7 Å². The number of carbonyl (C=O) groups excluding carboxylic acids is 1. The average Bonchev–Trinajstić information content (AvgIpc) is 3.20. The molecule has 0 saturated carbocycles. The molecule has 0 bridgehead atoms. The van der Waals surface area contributed by atoms with Gasteiger partial charge >= 0.3 is 0 Å². The van der Waals surface area contributed by atoms with Gasteiger partial charge in [0, 0.05) is 22.8 Å². The van der Waals surface area contributed by atoms with E-state index in [2.05, 4.69) is 25.4 Å². The summed E-state index contributed by atoms with van der Waals surface area (Å²) < 4.78 is 2.64. The van der Waals surface area contributed by atoms with Gasteiger partial charge in [0.1, 0.15) is 6.33 Å². The van der Waals surface area contributed by atoms with Gasteiger partial charge in [-0.15, -0.1) is 0 Å². The van der Waals surface area contributed by atoms with Crippen molar-refractivity contribution in [3.63, 3.8) is 0 Å². The van der Waals surface area contributed by atoms with Crippen LogP contribution < -0.4 is 5.32 Å². The molecule has 26 heavy (non-hydrogen) atoms. The predicted molar refractivity (Wildman–Crippen MR) is 102 cm³/mol. The smallest absolute Gasteiger partial charge is 0.252 e. The Hall–Kier alpha value is -2.58. The second kappa shape index (κ2) is 6.62. The summed E-state index contributed by atoms with van der Waals surface area (Å²) in [5.74, 6) is 0.481. The van der Waals surface area contributed by atoms with E-state index >= 15 is 0 Å². The molecule has 0 fully saturated rings. The topological polar surface area (TPSA) is 85.1 Å². The van der Waals surface area contributed by atoms with Gasteiger partial charge < -0.3 is 5.32 Å². The first-order valence-electron chi connectivity index (χ1n) is 8.03. The molecule has 0 atom stereocenters. The minimum absolute atomic E-state index is 0.0901. The molecule has 9 heteroatoms. The van der Waals surface area contributed by atoms with Gasteiger partial charge in [-0.05, 0) is 44.0 Å². The molecular weight excluding hydrogens is 372 g/mol. The first kappa shape index (κ1) is 16.9. The molecule has 7 nitrogen and oxygen atoms in total. The van der Waals surface area contributed by atoms with Gasteiger partial charge in [-0.2, -0.15) is 10.1 Å². The van der Waals surface area contributed by atoms with Gasteiger partial charge in [0.05, 0.1) is 10.2 Å². The van der Waals surface area contributed by atoms with Crippen molar-refractivity contribution in [3.8, 4) is 0 Å². The molecule has 0 unspecified atom stereocenters. The number of fused-ring (bicyclic) bond motifs is 2. The lowest BCUT2D eigenvalue weighted by molar-refractivity contribution is -0.116. The highest BCUT2D eigenvalue weighted by Crippen LogP contribution is 2.28. The molecule has 3 aromatic heterocycles. The summed E-state index contributed by atoms with van der Waals surface area (Å²) in [4.78, 5) is 25.3. The summed E-state index contributed by atoms with van der Waals surface area (Å²) in [6.45, 7) is 3.88. The Bertz CT molecular complexity index is 1140. The highest BCUT2D eigenvalue weighted by atomic mass is 35.5. The van der Waals surface area contributed by atoms with E-state index in [1.807, 2.05) is 26.0 Å². The lowest BCUT2D eigenvalue weighted by Crippen LogP contribution is -2.14. The number of nitrogens with one attached hydrogen (secondary N) is 1. The number of halogens is 1. The Morgan fingerprint density at radius 2 is 2.15 bits per heavy atom. The van der Waals surface area contributed by atoms with Crippen LogP contribution in [0, 0.1) is 13.8 Å². The molecule has 1 N–H and O–H groups in total. The molecule has 0 spiro atoms. The van der Waals surface area contributed by atoms with Crippen LogP contribution >= 0.6 is 22.9 Å². The normalized spacial score (nSPS) is 11.3. The van der Waals surface area contributed by atoms with Gasteiger partial charge in [0.25, 0.3) is 5.78 Å². The van der Waals surface area contributed by atoms with E-state index in [1.54, 1.807) is 10.6 Å². The van der Waals surface area contributed by atoms with Crippen LogP contribution in [0.3, 0.4) is 0 Å². The number of hydrogen-bond donors (Lipinski definition) is 1. The van der Waals surface area contributed by atoms with Crippen molar-refractivity contribution in [1.82, 2.24) is 24.6 Å². The van der Waals surface area contributed by atoms with E-state index in [-0.39, 0.29) is 5.91 Å². The Balaban J connectivity index is 1.48. The zero-order valence-corrected chi connectivity index (χ0v) is 15.7. The predicted octanol–water partition coefficient (Wildman–Crippen LogP) is 3.58. The number of rotatable bonds is 4. The van der Waals surface area contributed by atoms with Crippen molar-refractivity contribution in [2.75, 3.05) is 5.32 Å². The molecule has 4 rings (SSSR count). The van der Waals surface area contributed by atoms with Crippen LogP contribution in [0.25, 0.3) is 16.0 Å². The summed E-state index contributed by atoms with van der Waals surface area (Å²) in [7, 11) is 0. The maximum atomic E-state index is 12.3. The van der Waals surface area contributed by atoms with E-state index in [0.29, 0.717) is 28.8 Å². The monoisotopic (exact) mass is 386 g/mol. The third-order valence-corrected chi connectivity index (χ3v) is 5.36. The second-order valence-corrected chi connectivity index (χ2v) is 7.38. The van der Waals surface area contributed by atoms with Crippen molar-refractivity contribution >= 4 is 50.0 Å². The van der Waals surface area contributed by atoms with Gasteiger partial charge in [-0.25, -0.2) is 14.5 Å². The number of anilines is 1. The Kier molecular flexibility index (Phi) is 4.29. The van der Waals surface area contributed by atoms with E-state index < -0.39 is 0 Å². The second-order valence-electron chi connectivity index (χ2n) is 5.91. The molecule has 0 saturated heterocycles. The molecule has 0 aliphatic carbocycles. The van der Waals surface area contributed by atoms with E-state index in [0.717, 1.165) is 27.2 Å². The van der Waals surface area contributed by atoms with Crippen molar-refractivity contribution in [2.24, 2.45) is 0 Å². The fraction of sp³-hybridized carbons (Fsp3) is 0.235. The fourth-order valence-corrected chi connectivity index (χ4v) is 4.05. The molecule has 0 aliphatic heterocycles. The maximum Gasteiger partial charge on any atom is 0.252 e. The Morgan fingerprint density at radius 1 is 1.31 bits per heavy atom. The van der Waals surface area contributed by atoms with Crippen LogP contribution in [0.1, 0.15) is 23.4 Å². The molecule has 3 heterocycles. The van der Waals surface area contributed by atoms with Crippen LogP contribution in [0.15, 0.2) is 24.5 Å². The largest absolute Gasteiger partial charge is 0.302 e. The molecular formula is C17H15ClN6OS. The molecule has 1 amide bonds. The van der Waals surface area contributed by atoms with Crippen LogP contribution in [0.4, 0.5) is 5.13 Å². The van der Waals surface area contributed by atoms with Crippen LogP contribution in [0.5, 0.6) is 0 Å². The van der Waals surface area contributed by atoms with Gasteiger partial charge in [0.15, 0.2) is 5.13 Å². The number of thiazole rings is 1. The lowest BCUT2D eigenvalue weighted by atomic mass is 10.1. The van der Waals surface area contributed by atoms with Gasteiger partial charge in [0.2, 0.25) is 5.91 Å². The van der Waals surface area contributed by atoms with E-state index in [9.17, 15) is 4.79 Å². The molecule has 132 valence electrons. The first-order valence-corrected chi connectivity index (χ1v) is 9.22. The number of carbonyl (C=O) groups is 1. The van der Waals surface area contributed by atoms with Crippen LogP contribution in [-0.2, 0) is 11.2 Å². The zero-order valence-electron chi connectivity index (χ0n) is 14.2. The van der Waals surface area contributed by atoms with Crippen molar-refractivity contribution in [1.29, 1.82) is 0 Å². The van der Waals surface area contributed by atoms with Gasteiger partial charge in [-0.1, -0.05) is 22.9 Å². The third-order valence-electron chi connectivity index (χ3n) is 4.19. The average molecular weight is 387 g/mol. The summed E-state index contributed by atoms with van der Waals surface area (Å²) in [6.07, 6.45) is 2.38. The maximum absolute atomic E-state index is 12.3. The van der Waals surface area contributed by atoms with E-state index in [4.69, 9.17) is 11.6 Å². The SMILES string of the molecule is Cc1nc2ncnn2c(C)c1CCC(=O)Nc1nc2ccc(Cl)cc2s1. The summed E-state index contributed by atoms with van der Waals surface area (Å²) >= 11 is 7.40. The zero-order chi connectivity index (χ0) is 18.3. The van der Waals surface area contributed by atoms with Crippen LogP contribution in [-0.4, -0.2) is 30.5 Å². The summed E-state index contributed by atoms with van der Waals surface area (Å²) in [5, 5.41) is 8.26. The molecule has 1 aromatic carbocycles. The number of aryl methyl sites for hydroxylation is 2. The minimum atomic E-state index is -0.0901. The first-order chi connectivity index (χ1) is 12.5. The standard InChI is InChI=1S/C17H15ClN6OS/c1-9-12(10(2)24-16(21-9)19-8-20-24)4-6-15(25)23-17-22-13-5-3-11(18)7-14(13)26-17/h3,5,7-8H,4,6H2,1-2H3,(H,22,23,25). The van der Waals surface area contributed by atoms with Crippen molar-refractivity contribution < 1.29 is 4.79 Å². The third kappa shape index (κ3) is 3.13. The number of hydrogen-bond acceptors (Lipinski definition) is 6. The minimum Gasteiger partial charge on any atom is -0.302 e. The van der Waals surface area contributed by atoms with Crippen molar-refractivity contribution in [3.05, 3.63) is 46.5 Å². The highest BCUT2D eigenvalue weighted by molar-refractivity contribution is 7.22. The Labute approximate surface area is 158 Å². The summed E-state index contributed by atoms with van der Waals surface area (Å²) in [5.41, 5.74) is 3.65.